The molecule has 0 aliphatic heterocycles. The zero-order chi connectivity index (χ0) is 11.2. The number of nitrogens with two attached hydrogens (primary N) is 1. The number of nitrogens with one attached hydrogen (secondary N) is 2. The van der Waals surface area contributed by atoms with Crippen molar-refractivity contribution in [1.29, 1.82) is 0 Å². The molecule has 0 radical (unpaired) electrons. The predicted molar refractivity (Wildman–Crippen MR) is 54.4 cm³/mol. The van der Waals surface area contributed by atoms with Crippen LogP contribution in [0.4, 0.5) is 5.95 Å². The molecule has 8 heteroatoms. The number of aryl methyl sites for hydroxylation is 1. The highest BCUT2D eigenvalue weighted by molar-refractivity contribution is 5.72. The summed E-state index contributed by atoms with van der Waals surface area (Å²) in [6, 6.07) is 0. The Balaban J connectivity index is 3.04. The topological polar surface area (TPSA) is 111 Å². The number of anilines is 1. The van der Waals surface area contributed by atoms with Crippen LogP contribution in [0.1, 0.15) is 0 Å². The third-order valence-corrected chi connectivity index (χ3v) is 2.23. The van der Waals surface area contributed by atoms with Crippen LogP contribution < -0.4 is 22.5 Å². The molecule has 0 unspecified atom stereocenters. The minimum absolute atomic E-state index is 0.239. The number of nitrogens with zero attached hydrogens (tertiary/aromatic N) is 3. The van der Waals surface area contributed by atoms with E-state index in [9.17, 15) is 9.59 Å². The summed E-state index contributed by atoms with van der Waals surface area (Å²) >= 11 is 0. The van der Waals surface area contributed by atoms with Crippen LogP contribution in [0.25, 0.3) is 11.2 Å². The number of aromatic nitrogens is 4. The lowest BCUT2D eigenvalue weighted by molar-refractivity contribution is 0.709. The second-order valence-electron chi connectivity index (χ2n) is 3.13. The molecule has 80 valence electrons. The molecule has 8 nitrogen and oxygen atoms in total. The van der Waals surface area contributed by atoms with Crippen molar-refractivity contribution in [3.63, 3.8) is 0 Å². The molecule has 0 amide bonds. The van der Waals surface area contributed by atoms with E-state index in [2.05, 4.69) is 15.4 Å². The van der Waals surface area contributed by atoms with Gasteiger partial charge in [0.2, 0.25) is 5.95 Å². The van der Waals surface area contributed by atoms with E-state index in [1.165, 1.54) is 18.7 Å². The Morgan fingerprint density at radius 3 is 2.60 bits per heavy atom. The Kier molecular flexibility index (Phi) is 1.86. The van der Waals surface area contributed by atoms with Crippen LogP contribution in [0, 0.1) is 0 Å². The molecule has 0 fully saturated rings. The molecule has 0 bridgehead atoms. The first-order valence-electron chi connectivity index (χ1n) is 4.18. The summed E-state index contributed by atoms with van der Waals surface area (Å²) in [5, 5.41) is 0. The molecule has 0 spiro atoms. The van der Waals surface area contributed by atoms with Gasteiger partial charge in [0.15, 0.2) is 11.2 Å². The lowest BCUT2D eigenvalue weighted by Gasteiger charge is -2.00. The normalized spacial score (nSPS) is 10.9. The van der Waals surface area contributed by atoms with Gasteiger partial charge in [0.25, 0.3) is 5.56 Å². The average Bonchev–Trinajstić information content (AvgIpc) is 2.67. The second-order valence-corrected chi connectivity index (χ2v) is 3.13. The van der Waals surface area contributed by atoms with Crippen molar-refractivity contribution in [3.05, 3.63) is 20.8 Å². The maximum Gasteiger partial charge on any atom is 0.332 e. The fourth-order valence-corrected chi connectivity index (χ4v) is 1.39. The molecular formula is C7H10N6O2. The number of hydrogen-bond acceptors (Lipinski definition) is 5. The Morgan fingerprint density at radius 1 is 1.33 bits per heavy atom. The monoisotopic (exact) mass is 210 g/mol. The van der Waals surface area contributed by atoms with E-state index < -0.39 is 11.2 Å². The third-order valence-electron chi connectivity index (χ3n) is 2.23. The number of hydrazine groups is 1. The third kappa shape index (κ3) is 1.15. The molecule has 0 saturated carbocycles. The van der Waals surface area contributed by atoms with Gasteiger partial charge in [0, 0.05) is 14.1 Å². The lowest BCUT2D eigenvalue weighted by Crippen LogP contribution is -2.36. The molecule has 0 saturated heterocycles. The summed E-state index contributed by atoms with van der Waals surface area (Å²) in [6.45, 7) is 0. The molecule has 2 aromatic heterocycles. The first-order valence-corrected chi connectivity index (χ1v) is 4.18. The molecule has 2 aromatic rings. The van der Waals surface area contributed by atoms with Gasteiger partial charge >= 0.3 is 5.69 Å². The van der Waals surface area contributed by atoms with E-state index in [0.717, 1.165) is 4.57 Å². The summed E-state index contributed by atoms with van der Waals surface area (Å²) < 4.78 is 2.27. The zero-order valence-electron chi connectivity index (χ0n) is 8.24. The fraction of sp³-hybridized carbons (Fsp3) is 0.286. The molecule has 0 aliphatic rings. The Bertz CT molecular complexity index is 633. The maximum atomic E-state index is 11.6. The van der Waals surface area contributed by atoms with Gasteiger partial charge in [0.1, 0.15) is 0 Å². The highest BCUT2D eigenvalue weighted by Crippen LogP contribution is 2.06. The summed E-state index contributed by atoms with van der Waals surface area (Å²) in [5.74, 6) is 5.39. The molecule has 15 heavy (non-hydrogen) atoms. The first-order chi connectivity index (χ1) is 7.06. The van der Waals surface area contributed by atoms with E-state index in [1.54, 1.807) is 0 Å². The number of nitrogen functional groups attached to an aromatic ring is 1. The van der Waals surface area contributed by atoms with Gasteiger partial charge in [-0.2, -0.15) is 4.98 Å². The molecule has 0 aliphatic carbocycles. The fourth-order valence-electron chi connectivity index (χ4n) is 1.39. The highest BCUT2D eigenvalue weighted by Gasteiger charge is 2.12. The number of fused-ring (bicyclic) bond motifs is 1. The Morgan fingerprint density at radius 2 is 2.00 bits per heavy atom. The largest absolute Gasteiger partial charge is 0.332 e. The molecule has 4 N–H and O–H groups in total. The summed E-state index contributed by atoms with van der Waals surface area (Å²) in [4.78, 5) is 29.8. The maximum absolute atomic E-state index is 11.6. The number of aromatic amines is 1. The van der Waals surface area contributed by atoms with Crippen LogP contribution in [0.15, 0.2) is 9.59 Å². The molecule has 2 rings (SSSR count). The standard InChI is InChI=1S/C7H10N6O2/c1-12-4-3(9-6(10-4)11-8)5(14)13(2)7(12)15/h8H2,1-2H3,(H2,9,10,11). The van der Waals surface area contributed by atoms with Crippen molar-refractivity contribution in [2.45, 2.75) is 0 Å². The van der Waals surface area contributed by atoms with Gasteiger partial charge in [0.05, 0.1) is 0 Å². The SMILES string of the molecule is Cn1c(=O)c2[nH]c(NN)nc2n(C)c1=O. The molecule has 0 aromatic carbocycles. The number of imidazole rings is 1. The lowest BCUT2D eigenvalue weighted by atomic mass is 10.5. The van der Waals surface area contributed by atoms with E-state index in [4.69, 9.17) is 5.84 Å². The van der Waals surface area contributed by atoms with Gasteiger partial charge in [-0.15, -0.1) is 0 Å². The van der Waals surface area contributed by atoms with E-state index in [-0.39, 0.29) is 17.1 Å². The predicted octanol–water partition coefficient (Wildman–Crippen LogP) is -1.75. The molecule has 0 atom stereocenters. The molecular weight excluding hydrogens is 200 g/mol. The number of H-pyrrole nitrogens is 1. The second kappa shape index (κ2) is 2.95. The number of hydrogen-bond donors (Lipinski definition) is 3. The highest BCUT2D eigenvalue weighted by atomic mass is 16.2. The van der Waals surface area contributed by atoms with E-state index >= 15 is 0 Å². The van der Waals surface area contributed by atoms with E-state index in [1.807, 2.05) is 0 Å². The van der Waals surface area contributed by atoms with Gasteiger partial charge < -0.3 is 4.98 Å². The number of rotatable bonds is 1. The Labute approximate surface area is 83.3 Å². The van der Waals surface area contributed by atoms with Crippen molar-refractivity contribution >= 4 is 17.1 Å². The van der Waals surface area contributed by atoms with Gasteiger partial charge in [-0.05, 0) is 0 Å². The quantitative estimate of drug-likeness (QED) is 0.381. The average molecular weight is 210 g/mol. The van der Waals surface area contributed by atoms with Crippen molar-refractivity contribution in [2.24, 2.45) is 19.9 Å². The molecule has 2 heterocycles. The van der Waals surface area contributed by atoms with Crippen molar-refractivity contribution < 1.29 is 0 Å². The smallest absolute Gasteiger partial charge is 0.317 e. The van der Waals surface area contributed by atoms with Crippen molar-refractivity contribution in [1.82, 2.24) is 19.1 Å². The van der Waals surface area contributed by atoms with Crippen LogP contribution in [-0.4, -0.2) is 19.1 Å². The van der Waals surface area contributed by atoms with Gasteiger partial charge in [-0.3, -0.25) is 19.4 Å². The van der Waals surface area contributed by atoms with Crippen molar-refractivity contribution in [2.75, 3.05) is 5.43 Å². The van der Waals surface area contributed by atoms with Crippen LogP contribution in [0.3, 0.4) is 0 Å². The zero-order valence-corrected chi connectivity index (χ0v) is 8.24. The summed E-state index contributed by atoms with van der Waals surface area (Å²) in [6.07, 6.45) is 0. The van der Waals surface area contributed by atoms with Crippen molar-refractivity contribution in [3.8, 4) is 0 Å². The van der Waals surface area contributed by atoms with Gasteiger partial charge in [-0.1, -0.05) is 0 Å². The summed E-state index contributed by atoms with van der Waals surface area (Å²) in [5.41, 5.74) is 1.94. The van der Waals surface area contributed by atoms with Crippen LogP contribution in [0.2, 0.25) is 0 Å². The minimum Gasteiger partial charge on any atom is -0.317 e. The Hall–Kier alpha value is -2.09. The van der Waals surface area contributed by atoms with Crippen LogP contribution in [-0.2, 0) is 14.1 Å². The van der Waals surface area contributed by atoms with Crippen LogP contribution in [0.5, 0.6) is 0 Å². The summed E-state index contributed by atoms with van der Waals surface area (Å²) in [7, 11) is 2.94. The first kappa shape index (κ1) is 9.46. The minimum atomic E-state index is -0.429. The van der Waals surface area contributed by atoms with Gasteiger partial charge in [-0.25, -0.2) is 10.6 Å². The van der Waals surface area contributed by atoms with E-state index in [0.29, 0.717) is 0 Å². The van der Waals surface area contributed by atoms with Crippen LogP contribution >= 0.6 is 0 Å².